The molecule has 1 aromatic rings. The number of nitrogens with two attached hydrogens (primary N) is 1. The van der Waals surface area contributed by atoms with Gasteiger partial charge in [-0.3, -0.25) is 4.98 Å². The zero-order valence-corrected chi connectivity index (χ0v) is 8.51. The van der Waals surface area contributed by atoms with Crippen molar-refractivity contribution in [3.8, 4) is 6.07 Å². The average Bonchev–Trinajstić information content (AvgIpc) is 2.19. The lowest BCUT2D eigenvalue weighted by Gasteiger charge is -2.19. The van der Waals surface area contributed by atoms with Crippen LogP contribution in [0, 0.1) is 23.2 Å². The average molecular weight is 189 g/mol. The van der Waals surface area contributed by atoms with E-state index in [9.17, 15) is 0 Å². The molecule has 2 atom stereocenters. The van der Waals surface area contributed by atoms with Gasteiger partial charge in [-0.1, -0.05) is 19.9 Å². The van der Waals surface area contributed by atoms with E-state index in [0.29, 0.717) is 0 Å². The van der Waals surface area contributed by atoms with Crippen molar-refractivity contribution in [2.75, 3.05) is 0 Å². The standard InChI is InChI=1S/C11H15N3/c1-8(2)9(7-12)11(13)10-5-3-4-6-14-10/h3-6,8-9,11H,13H2,1-2H3. The molecule has 3 nitrogen and oxygen atoms in total. The van der Waals surface area contributed by atoms with Crippen LogP contribution in [0.25, 0.3) is 0 Å². The van der Waals surface area contributed by atoms with Crippen LogP contribution in [0.3, 0.4) is 0 Å². The lowest BCUT2D eigenvalue weighted by Crippen LogP contribution is -2.25. The second kappa shape index (κ2) is 4.73. The molecule has 74 valence electrons. The molecule has 0 spiro atoms. The summed E-state index contributed by atoms with van der Waals surface area (Å²) in [6, 6.07) is 7.53. The van der Waals surface area contributed by atoms with Gasteiger partial charge in [-0.2, -0.15) is 5.26 Å². The third kappa shape index (κ3) is 2.30. The molecular weight excluding hydrogens is 174 g/mol. The summed E-state index contributed by atoms with van der Waals surface area (Å²) in [5, 5.41) is 8.97. The van der Waals surface area contributed by atoms with E-state index in [4.69, 9.17) is 11.0 Å². The van der Waals surface area contributed by atoms with Gasteiger partial charge in [0, 0.05) is 6.20 Å². The van der Waals surface area contributed by atoms with Gasteiger partial charge in [-0.25, -0.2) is 0 Å². The lowest BCUT2D eigenvalue weighted by molar-refractivity contribution is 0.398. The van der Waals surface area contributed by atoms with Crippen LogP contribution in [0.1, 0.15) is 25.6 Å². The van der Waals surface area contributed by atoms with E-state index in [1.807, 2.05) is 32.0 Å². The Labute approximate surface area is 84.6 Å². The number of aromatic nitrogens is 1. The Kier molecular flexibility index (Phi) is 3.61. The summed E-state index contributed by atoms with van der Waals surface area (Å²) in [5.41, 5.74) is 6.75. The van der Waals surface area contributed by atoms with Gasteiger partial charge >= 0.3 is 0 Å². The van der Waals surface area contributed by atoms with Crippen molar-refractivity contribution in [3.05, 3.63) is 30.1 Å². The van der Waals surface area contributed by atoms with Crippen LogP contribution >= 0.6 is 0 Å². The lowest BCUT2D eigenvalue weighted by atomic mass is 9.88. The molecule has 0 radical (unpaired) electrons. The Morgan fingerprint density at radius 1 is 1.43 bits per heavy atom. The second-order valence-electron chi connectivity index (χ2n) is 3.68. The first-order valence-electron chi connectivity index (χ1n) is 4.73. The van der Waals surface area contributed by atoms with E-state index in [-0.39, 0.29) is 17.9 Å². The molecular formula is C11H15N3. The third-order valence-electron chi connectivity index (χ3n) is 2.28. The molecule has 0 aliphatic heterocycles. The number of hydrogen-bond donors (Lipinski definition) is 1. The number of nitriles is 1. The number of nitrogens with zero attached hydrogens (tertiary/aromatic N) is 2. The van der Waals surface area contributed by atoms with Gasteiger partial charge in [0.25, 0.3) is 0 Å². The minimum absolute atomic E-state index is 0.176. The topological polar surface area (TPSA) is 62.7 Å². The van der Waals surface area contributed by atoms with Crippen molar-refractivity contribution in [1.82, 2.24) is 4.98 Å². The van der Waals surface area contributed by atoms with Crippen molar-refractivity contribution in [2.24, 2.45) is 17.6 Å². The zero-order chi connectivity index (χ0) is 10.6. The molecule has 0 aliphatic rings. The van der Waals surface area contributed by atoms with Crippen LogP contribution in [0.4, 0.5) is 0 Å². The zero-order valence-electron chi connectivity index (χ0n) is 8.51. The summed E-state index contributed by atoms with van der Waals surface area (Å²) >= 11 is 0. The Bertz CT molecular complexity index is 313. The first-order valence-corrected chi connectivity index (χ1v) is 4.73. The Morgan fingerprint density at radius 3 is 2.57 bits per heavy atom. The van der Waals surface area contributed by atoms with Crippen LogP contribution in [-0.4, -0.2) is 4.98 Å². The molecule has 0 aliphatic carbocycles. The molecule has 0 amide bonds. The first-order chi connectivity index (χ1) is 6.66. The summed E-state index contributed by atoms with van der Waals surface area (Å²) in [6.07, 6.45) is 1.70. The molecule has 2 unspecified atom stereocenters. The smallest absolute Gasteiger partial charge is 0.0694 e. The highest BCUT2D eigenvalue weighted by Gasteiger charge is 2.22. The fourth-order valence-electron chi connectivity index (χ4n) is 1.40. The third-order valence-corrected chi connectivity index (χ3v) is 2.28. The minimum Gasteiger partial charge on any atom is -0.322 e. The van der Waals surface area contributed by atoms with Crippen molar-refractivity contribution in [3.63, 3.8) is 0 Å². The molecule has 2 N–H and O–H groups in total. The molecule has 0 saturated carbocycles. The monoisotopic (exact) mass is 189 g/mol. The van der Waals surface area contributed by atoms with Gasteiger partial charge in [-0.05, 0) is 18.1 Å². The molecule has 0 saturated heterocycles. The number of hydrogen-bond acceptors (Lipinski definition) is 3. The SMILES string of the molecule is CC(C)C(C#N)C(N)c1ccccn1. The summed E-state index contributed by atoms with van der Waals surface area (Å²) < 4.78 is 0. The molecule has 1 aromatic heterocycles. The molecule has 3 heteroatoms. The Balaban J connectivity index is 2.85. The normalized spacial score (nSPS) is 14.8. The molecule has 1 heterocycles. The van der Waals surface area contributed by atoms with Gasteiger partial charge in [0.2, 0.25) is 0 Å². The summed E-state index contributed by atoms with van der Waals surface area (Å²) in [4.78, 5) is 4.15. The molecule has 14 heavy (non-hydrogen) atoms. The molecule has 0 fully saturated rings. The first kappa shape index (κ1) is 10.7. The maximum absolute atomic E-state index is 8.97. The predicted molar refractivity (Wildman–Crippen MR) is 55.1 cm³/mol. The minimum atomic E-state index is -0.291. The van der Waals surface area contributed by atoms with E-state index in [0.717, 1.165) is 5.69 Å². The fourth-order valence-corrected chi connectivity index (χ4v) is 1.40. The molecule has 0 bridgehead atoms. The van der Waals surface area contributed by atoms with Crippen molar-refractivity contribution in [1.29, 1.82) is 5.26 Å². The quantitative estimate of drug-likeness (QED) is 0.789. The van der Waals surface area contributed by atoms with Crippen LogP contribution in [0.5, 0.6) is 0 Å². The fraction of sp³-hybridized carbons (Fsp3) is 0.455. The number of rotatable bonds is 3. The number of pyridine rings is 1. The maximum atomic E-state index is 8.97. The summed E-state index contributed by atoms with van der Waals surface area (Å²) in [5.74, 6) is 0.0712. The Hall–Kier alpha value is -1.40. The van der Waals surface area contributed by atoms with Crippen molar-refractivity contribution < 1.29 is 0 Å². The largest absolute Gasteiger partial charge is 0.322 e. The highest BCUT2D eigenvalue weighted by Crippen LogP contribution is 2.23. The van der Waals surface area contributed by atoms with Gasteiger partial charge in [-0.15, -0.1) is 0 Å². The summed E-state index contributed by atoms with van der Waals surface area (Å²) in [7, 11) is 0. The second-order valence-corrected chi connectivity index (χ2v) is 3.68. The van der Waals surface area contributed by atoms with Gasteiger partial charge in [0.1, 0.15) is 0 Å². The highest BCUT2D eigenvalue weighted by molar-refractivity contribution is 5.12. The van der Waals surface area contributed by atoms with E-state index in [2.05, 4.69) is 11.1 Å². The summed E-state index contributed by atoms with van der Waals surface area (Å²) in [6.45, 7) is 3.99. The van der Waals surface area contributed by atoms with Crippen molar-refractivity contribution >= 4 is 0 Å². The van der Waals surface area contributed by atoms with Crippen molar-refractivity contribution in [2.45, 2.75) is 19.9 Å². The molecule has 0 aromatic carbocycles. The van der Waals surface area contributed by atoms with Crippen LogP contribution < -0.4 is 5.73 Å². The van der Waals surface area contributed by atoms with Crippen LogP contribution in [0.2, 0.25) is 0 Å². The maximum Gasteiger partial charge on any atom is 0.0694 e. The van der Waals surface area contributed by atoms with E-state index < -0.39 is 0 Å². The van der Waals surface area contributed by atoms with Gasteiger partial charge in [0.15, 0.2) is 0 Å². The predicted octanol–water partition coefficient (Wildman–Crippen LogP) is 1.88. The van der Waals surface area contributed by atoms with E-state index in [1.165, 1.54) is 0 Å². The van der Waals surface area contributed by atoms with Gasteiger partial charge < -0.3 is 5.73 Å². The van der Waals surface area contributed by atoms with Gasteiger partial charge in [0.05, 0.1) is 23.7 Å². The molecule has 1 rings (SSSR count). The van der Waals surface area contributed by atoms with Crippen LogP contribution in [0.15, 0.2) is 24.4 Å². The van der Waals surface area contributed by atoms with E-state index in [1.54, 1.807) is 6.20 Å². The van der Waals surface area contributed by atoms with E-state index >= 15 is 0 Å². The van der Waals surface area contributed by atoms with Crippen LogP contribution in [-0.2, 0) is 0 Å². The highest BCUT2D eigenvalue weighted by atomic mass is 14.8. The Morgan fingerprint density at radius 2 is 2.14 bits per heavy atom.